The van der Waals surface area contributed by atoms with Gasteiger partial charge >= 0.3 is 0 Å². The number of carbonyl (C=O) groups excluding carboxylic acids is 2. The summed E-state index contributed by atoms with van der Waals surface area (Å²) in [4.78, 5) is 31.8. The topological polar surface area (TPSA) is 73.3 Å². The van der Waals surface area contributed by atoms with E-state index in [1.54, 1.807) is 24.3 Å². The maximum atomic E-state index is 13.2. The van der Waals surface area contributed by atoms with E-state index in [2.05, 4.69) is 4.90 Å². The largest absolute Gasteiger partial charge is 0.395 e. The number of amides is 2. The molecule has 29 heavy (non-hydrogen) atoms. The van der Waals surface area contributed by atoms with Crippen LogP contribution in [0.3, 0.4) is 0 Å². The Morgan fingerprint density at radius 3 is 2.28 bits per heavy atom. The fourth-order valence-corrected chi connectivity index (χ4v) is 3.78. The highest BCUT2D eigenvalue weighted by Gasteiger charge is 2.41. The summed E-state index contributed by atoms with van der Waals surface area (Å²) in [6, 6.07) is 7.00. The summed E-state index contributed by atoms with van der Waals surface area (Å²) >= 11 is 6.01. The van der Waals surface area contributed by atoms with Gasteiger partial charge in [-0.1, -0.05) is 23.7 Å². The molecule has 1 saturated heterocycles. The molecule has 0 radical (unpaired) electrons. The molecular weight excluding hydrogens is 394 g/mol. The van der Waals surface area contributed by atoms with E-state index in [4.69, 9.17) is 21.4 Å². The van der Waals surface area contributed by atoms with Crippen molar-refractivity contribution in [2.45, 2.75) is 20.0 Å². The zero-order chi connectivity index (χ0) is 21.0. The number of hydrogen-bond donors (Lipinski definition) is 1. The van der Waals surface area contributed by atoms with Gasteiger partial charge in [0.15, 0.2) is 0 Å². The predicted molar refractivity (Wildman–Crippen MR) is 111 cm³/mol. The molecule has 1 aromatic carbocycles. The summed E-state index contributed by atoms with van der Waals surface area (Å²) in [6.45, 7) is 7.81. The van der Waals surface area contributed by atoms with Crippen LogP contribution in [0.1, 0.15) is 19.4 Å². The number of aliphatic hydroxyl groups is 1. The number of rotatable bonds is 8. The lowest BCUT2D eigenvalue weighted by atomic mass is 10.0. The molecule has 8 heteroatoms. The second-order valence-electron chi connectivity index (χ2n) is 7.46. The Morgan fingerprint density at radius 1 is 1.03 bits per heavy atom. The highest BCUT2D eigenvalue weighted by Crippen LogP contribution is 2.32. The van der Waals surface area contributed by atoms with Crippen LogP contribution in [0.5, 0.6) is 0 Å². The summed E-state index contributed by atoms with van der Waals surface area (Å²) < 4.78 is 5.55. The Hall–Kier alpha value is -1.93. The summed E-state index contributed by atoms with van der Waals surface area (Å²) in [7, 11) is 0. The fraction of sp³-hybridized carbons (Fsp3) is 0.524. The Balaban J connectivity index is 1.87. The van der Waals surface area contributed by atoms with E-state index < -0.39 is 0 Å². The second kappa shape index (κ2) is 9.71. The van der Waals surface area contributed by atoms with E-state index >= 15 is 0 Å². The maximum absolute atomic E-state index is 13.2. The molecule has 0 bridgehead atoms. The average molecular weight is 422 g/mol. The average Bonchev–Trinajstić information content (AvgIpc) is 2.94. The highest BCUT2D eigenvalue weighted by molar-refractivity contribution is 6.36. The molecule has 3 rings (SSSR count). The number of nitrogens with zero attached hydrogens (tertiary/aromatic N) is 3. The first-order valence-electron chi connectivity index (χ1n) is 9.98. The van der Waals surface area contributed by atoms with Crippen LogP contribution in [0.25, 0.3) is 5.57 Å². The van der Waals surface area contributed by atoms with Crippen LogP contribution < -0.4 is 0 Å². The maximum Gasteiger partial charge on any atom is 0.277 e. The van der Waals surface area contributed by atoms with E-state index in [1.165, 1.54) is 4.90 Å². The molecule has 1 N–H and O–H groups in total. The minimum absolute atomic E-state index is 0.0329. The number of piperazine rings is 1. The number of hydrogen-bond acceptors (Lipinski definition) is 6. The first-order valence-corrected chi connectivity index (χ1v) is 10.4. The first-order chi connectivity index (χ1) is 13.9. The van der Waals surface area contributed by atoms with Gasteiger partial charge in [-0.15, -0.1) is 0 Å². The van der Waals surface area contributed by atoms with E-state index in [0.29, 0.717) is 48.1 Å². The van der Waals surface area contributed by atoms with Crippen molar-refractivity contribution in [2.75, 3.05) is 52.5 Å². The minimum atomic E-state index is -0.294. The molecule has 0 aromatic heterocycles. The molecule has 2 aliphatic rings. The van der Waals surface area contributed by atoms with E-state index in [-0.39, 0.29) is 31.1 Å². The van der Waals surface area contributed by atoms with Crippen molar-refractivity contribution in [3.63, 3.8) is 0 Å². The number of imide groups is 1. The van der Waals surface area contributed by atoms with Gasteiger partial charge in [0.2, 0.25) is 0 Å². The Bertz CT molecular complexity index is 771. The van der Waals surface area contributed by atoms with Gasteiger partial charge in [0, 0.05) is 37.7 Å². The van der Waals surface area contributed by atoms with E-state index in [1.807, 2.05) is 18.7 Å². The molecule has 0 saturated carbocycles. The lowest BCUT2D eigenvalue weighted by molar-refractivity contribution is -0.138. The van der Waals surface area contributed by atoms with Crippen LogP contribution in [0.2, 0.25) is 5.02 Å². The molecular formula is C21H28ClN3O4. The molecule has 2 heterocycles. The molecule has 158 valence electrons. The Morgan fingerprint density at radius 2 is 1.69 bits per heavy atom. The van der Waals surface area contributed by atoms with Crippen molar-refractivity contribution in [1.29, 1.82) is 0 Å². The van der Waals surface area contributed by atoms with E-state index in [9.17, 15) is 9.59 Å². The molecule has 1 aromatic rings. The molecule has 0 spiro atoms. The van der Waals surface area contributed by atoms with Crippen molar-refractivity contribution in [3.8, 4) is 0 Å². The number of benzene rings is 1. The van der Waals surface area contributed by atoms with Gasteiger partial charge in [-0.2, -0.15) is 0 Å². The van der Waals surface area contributed by atoms with Crippen molar-refractivity contribution in [2.24, 2.45) is 0 Å². The molecule has 0 unspecified atom stereocenters. The van der Waals surface area contributed by atoms with Crippen LogP contribution >= 0.6 is 11.6 Å². The molecule has 0 atom stereocenters. The lowest BCUT2D eigenvalue weighted by Gasteiger charge is -2.36. The third-order valence-corrected chi connectivity index (χ3v) is 5.40. The number of ether oxygens (including phenoxy) is 1. The monoisotopic (exact) mass is 421 g/mol. The summed E-state index contributed by atoms with van der Waals surface area (Å²) in [5.74, 6) is -0.569. The highest BCUT2D eigenvalue weighted by atomic mass is 35.5. The van der Waals surface area contributed by atoms with Crippen LogP contribution in [0.15, 0.2) is 30.0 Å². The van der Waals surface area contributed by atoms with Crippen molar-refractivity contribution < 1.29 is 19.4 Å². The standard InChI is InChI=1S/C21H28ClN3O4/c1-15(2)29-14-12-25-20(27)18(16-3-5-17(22)6-4-16)19(21(25)28)24-9-7-23(8-10-24)11-13-26/h3-6,15,26H,7-14H2,1-2H3. The van der Waals surface area contributed by atoms with Gasteiger partial charge in [0.25, 0.3) is 11.8 Å². The smallest absolute Gasteiger partial charge is 0.277 e. The van der Waals surface area contributed by atoms with Crippen LogP contribution in [-0.4, -0.2) is 90.2 Å². The van der Waals surface area contributed by atoms with Crippen molar-refractivity contribution >= 4 is 29.0 Å². The second-order valence-corrected chi connectivity index (χ2v) is 7.90. The van der Waals surface area contributed by atoms with Gasteiger partial charge in [-0.05, 0) is 31.5 Å². The first kappa shape index (κ1) is 21.8. The summed E-state index contributed by atoms with van der Waals surface area (Å²) in [5.41, 5.74) is 1.56. The normalized spacial score (nSPS) is 18.5. The predicted octanol–water partition coefficient (Wildman–Crippen LogP) is 1.45. The van der Waals surface area contributed by atoms with Crippen molar-refractivity contribution in [3.05, 3.63) is 40.5 Å². The summed E-state index contributed by atoms with van der Waals surface area (Å²) in [5, 5.41) is 9.73. The van der Waals surface area contributed by atoms with Crippen LogP contribution in [0.4, 0.5) is 0 Å². The van der Waals surface area contributed by atoms with Crippen LogP contribution in [-0.2, 0) is 14.3 Å². The molecule has 1 fully saturated rings. The third-order valence-electron chi connectivity index (χ3n) is 5.15. The zero-order valence-corrected chi connectivity index (χ0v) is 17.7. The van der Waals surface area contributed by atoms with Gasteiger partial charge in [-0.25, -0.2) is 0 Å². The SMILES string of the molecule is CC(C)OCCN1C(=O)C(c2ccc(Cl)cc2)=C(N2CCN(CCO)CC2)C1=O. The van der Waals surface area contributed by atoms with E-state index in [0.717, 1.165) is 13.1 Å². The molecule has 0 aliphatic carbocycles. The van der Waals surface area contributed by atoms with Gasteiger partial charge in [-0.3, -0.25) is 19.4 Å². The molecule has 2 aliphatic heterocycles. The van der Waals surface area contributed by atoms with Crippen molar-refractivity contribution in [1.82, 2.24) is 14.7 Å². The van der Waals surface area contributed by atoms with Gasteiger partial charge < -0.3 is 14.7 Å². The zero-order valence-electron chi connectivity index (χ0n) is 16.9. The number of β-amino-alcohol motifs (C(OH)–C–C–N with tert-alkyl or cyclic N) is 1. The Kier molecular flexibility index (Phi) is 7.29. The third kappa shape index (κ3) is 4.98. The fourth-order valence-electron chi connectivity index (χ4n) is 3.65. The molecule has 7 nitrogen and oxygen atoms in total. The molecule has 2 amide bonds. The van der Waals surface area contributed by atoms with Crippen LogP contribution in [0, 0.1) is 0 Å². The summed E-state index contributed by atoms with van der Waals surface area (Å²) in [6.07, 6.45) is 0.0329. The van der Waals surface area contributed by atoms with Gasteiger partial charge in [0.05, 0.1) is 31.4 Å². The lowest BCUT2D eigenvalue weighted by Crippen LogP contribution is -2.48. The van der Waals surface area contributed by atoms with Gasteiger partial charge in [0.1, 0.15) is 5.70 Å². The minimum Gasteiger partial charge on any atom is -0.395 e. The number of aliphatic hydroxyl groups excluding tert-OH is 1. The number of carbonyl (C=O) groups is 2. The number of halogens is 1. The Labute approximate surface area is 176 Å². The quantitative estimate of drug-likeness (QED) is 0.640.